The number of nitrogens with zero attached hydrogens (tertiary/aromatic N) is 3. The molecule has 5 nitrogen and oxygen atoms in total. The lowest BCUT2D eigenvalue weighted by Crippen LogP contribution is -2.54. The molecule has 2 aromatic carbocycles. The second-order valence-corrected chi connectivity index (χ2v) is 8.89. The number of hydrogen-bond acceptors (Lipinski definition) is 4. The van der Waals surface area contributed by atoms with Crippen molar-refractivity contribution in [1.82, 2.24) is 9.80 Å². The van der Waals surface area contributed by atoms with Crippen LogP contribution in [0.4, 0.5) is 0 Å². The van der Waals surface area contributed by atoms with Gasteiger partial charge in [-0.15, -0.1) is 0 Å². The Balaban J connectivity index is 1.24. The summed E-state index contributed by atoms with van der Waals surface area (Å²) < 4.78 is 5.60. The summed E-state index contributed by atoms with van der Waals surface area (Å²) in [7, 11) is 0. The van der Waals surface area contributed by atoms with E-state index in [0.717, 1.165) is 57.4 Å². The number of ether oxygens (including phenoxy) is 1. The van der Waals surface area contributed by atoms with Crippen LogP contribution in [0.15, 0.2) is 54.6 Å². The van der Waals surface area contributed by atoms with Crippen molar-refractivity contribution >= 4 is 17.5 Å². The van der Waals surface area contributed by atoms with Gasteiger partial charge in [0.1, 0.15) is 5.75 Å². The van der Waals surface area contributed by atoms with Gasteiger partial charge >= 0.3 is 0 Å². The van der Waals surface area contributed by atoms with E-state index in [2.05, 4.69) is 23.1 Å². The molecular weight excluding hydrogens is 410 g/mol. The van der Waals surface area contributed by atoms with E-state index in [1.54, 1.807) is 24.3 Å². The van der Waals surface area contributed by atoms with Gasteiger partial charge in [-0.05, 0) is 55.5 Å². The average molecular weight is 438 g/mol. The lowest BCUT2D eigenvalue weighted by atomic mass is 9.69. The zero-order valence-electron chi connectivity index (χ0n) is 17.7. The highest BCUT2D eigenvalue weighted by Crippen LogP contribution is 2.40. The lowest BCUT2D eigenvalue weighted by molar-refractivity contribution is -0.135. The predicted octanol–water partition coefficient (Wildman–Crippen LogP) is 4.27. The standard InChI is InChI=1S/C25H28ClN3O2/c26-21-6-8-23(9-7-21)31-18-24(30)29-16-14-28(15-17-29)22-10-12-25(19-27,13-11-22)20-4-2-1-3-5-20/h1-9,22H,10-18H2/t22-,25-. The number of halogens is 1. The summed E-state index contributed by atoms with van der Waals surface area (Å²) in [6, 6.07) is 20.4. The highest BCUT2D eigenvalue weighted by molar-refractivity contribution is 6.30. The number of benzene rings is 2. The van der Waals surface area contributed by atoms with Crippen molar-refractivity contribution in [2.45, 2.75) is 37.1 Å². The summed E-state index contributed by atoms with van der Waals surface area (Å²) in [5, 5.41) is 10.6. The molecule has 0 N–H and O–H groups in total. The van der Waals surface area contributed by atoms with Gasteiger partial charge in [-0.3, -0.25) is 9.69 Å². The summed E-state index contributed by atoms with van der Waals surface area (Å²) in [4.78, 5) is 16.9. The van der Waals surface area contributed by atoms with Crippen LogP contribution >= 0.6 is 11.6 Å². The first-order valence-electron chi connectivity index (χ1n) is 11.0. The molecule has 0 atom stereocenters. The van der Waals surface area contributed by atoms with E-state index in [0.29, 0.717) is 16.8 Å². The van der Waals surface area contributed by atoms with Gasteiger partial charge in [0.2, 0.25) is 0 Å². The fraction of sp³-hybridized carbons (Fsp3) is 0.440. The Labute approximate surface area is 189 Å². The molecule has 0 unspecified atom stereocenters. The molecule has 31 heavy (non-hydrogen) atoms. The molecule has 2 fully saturated rings. The Morgan fingerprint density at radius 1 is 1.03 bits per heavy atom. The van der Waals surface area contributed by atoms with E-state index in [1.807, 2.05) is 23.1 Å². The highest BCUT2D eigenvalue weighted by Gasteiger charge is 2.39. The minimum atomic E-state index is -0.353. The van der Waals surface area contributed by atoms with E-state index in [4.69, 9.17) is 16.3 Å². The molecule has 6 heteroatoms. The molecule has 1 heterocycles. The van der Waals surface area contributed by atoms with E-state index >= 15 is 0 Å². The number of nitriles is 1. The zero-order chi connectivity index (χ0) is 21.7. The van der Waals surface area contributed by atoms with Crippen LogP contribution in [0, 0.1) is 11.3 Å². The van der Waals surface area contributed by atoms with Crippen LogP contribution in [0.1, 0.15) is 31.2 Å². The molecular formula is C25H28ClN3O2. The first-order valence-corrected chi connectivity index (χ1v) is 11.3. The Hall–Kier alpha value is -2.55. The molecule has 162 valence electrons. The fourth-order valence-electron chi connectivity index (χ4n) is 4.79. The number of amides is 1. The molecule has 2 aliphatic rings. The van der Waals surface area contributed by atoms with E-state index in [1.165, 1.54) is 0 Å². The van der Waals surface area contributed by atoms with Crippen LogP contribution in [0.3, 0.4) is 0 Å². The predicted molar refractivity (Wildman–Crippen MR) is 121 cm³/mol. The number of rotatable bonds is 5. The topological polar surface area (TPSA) is 56.6 Å². The van der Waals surface area contributed by atoms with Crippen molar-refractivity contribution < 1.29 is 9.53 Å². The van der Waals surface area contributed by atoms with Gasteiger partial charge in [-0.25, -0.2) is 0 Å². The van der Waals surface area contributed by atoms with Gasteiger partial charge in [0.15, 0.2) is 6.61 Å². The summed E-state index contributed by atoms with van der Waals surface area (Å²) in [6.07, 6.45) is 3.84. The summed E-state index contributed by atoms with van der Waals surface area (Å²) in [6.45, 7) is 3.25. The van der Waals surface area contributed by atoms with Gasteiger partial charge < -0.3 is 9.64 Å². The normalized spacial score (nSPS) is 24.4. The van der Waals surface area contributed by atoms with Crippen molar-refractivity contribution in [3.63, 3.8) is 0 Å². The maximum atomic E-state index is 12.5. The van der Waals surface area contributed by atoms with Crippen LogP contribution in [0.25, 0.3) is 0 Å². The van der Waals surface area contributed by atoms with E-state index in [-0.39, 0.29) is 17.9 Å². The van der Waals surface area contributed by atoms with Crippen molar-refractivity contribution in [3.05, 3.63) is 65.2 Å². The van der Waals surface area contributed by atoms with Crippen LogP contribution in [0.5, 0.6) is 5.75 Å². The first kappa shape index (κ1) is 21.7. The molecule has 0 radical (unpaired) electrons. The van der Waals surface area contributed by atoms with Gasteiger partial charge in [0.05, 0.1) is 11.5 Å². The maximum absolute atomic E-state index is 12.5. The van der Waals surface area contributed by atoms with Crippen molar-refractivity contribution in [3.8, 4) is 11.8 Å². The summed E-state index contributed by atoms with van der Waals surface area (Å²) in [5.41, 5.74) is 0.793. The minimum Gasteiger partial charge on any atom is -0.484 e. The zero-order valence-corrected chi connectivity index (χ0v) is 18.4. The quantitative estimate of drug-likeness (QED) is 0.701. The molecule has 1 saturated heterocycles. The molecule has 2 aromatic rings. The average Bonchev–Trinajstić information content (AvgIpc) is 2.84. The largest absolute Gasteiger partial charge is 0.484 e. The van der Waals surface area contributed by atoms with Crippen molar-refractivity contribution in [2.75, 3.05) is 32.8 Å². The summed E-state index contributed by atoms with van der Waals surface area (Å²) in [5.74, 6) is 0.670. The number of piperazine rings is 1. The molecule has 1 amide bonds. The lowest BCUT2D eigenvalue weighted by Gasteiger charge is -2.44. The molecule has 0 bridgehead atoms. The molecule has 0 spiro atoms. The molecule has 1 saturated carbocycles. The van der Waals surface area contributed by atoms with Gasteiger partial charge in [0.25, 0.3) is 5.91 Å². The van der Waals surface area contributed by atoms with Crippen LogP contribution < -0.4 is 4.74 Å². The second-order valence-electron chi connectivity index (χ2n) is 8.45. The fourth-order valence-corrected chi connectivity index (χ4v) is 4.91. The SMILES string of the molecule is N#C[C@]1(c2ccccc2)CC[C@H](N2CCN(C(=O)COc3ccc(Cl)cc3)CC2)CC1. The molecule has 4 rings (SSSR count). The Bertz CT molecular complexity index is 910. The van der Waals surface area contributed by atoms with Crippen LogP contribution in [-0.2, 0) is 10.2 Å². The van der Waals surface area contributed by atoms with Crippen LogP contribution in [-0.4, -0.2) is 54.5 Å². The number of hydrogen-bond donors (Lipinski definition) is 0. The Kier molecular flexibility index (Phi) is 6.80. The smallest absolute Gasteiger partial charge is 0.260 e. The van der Waals surface area contributed by atoms with E-state index in [9.17, 15) is 10.1 Å². The highest BCUT2D eigenvalue weighted by atomic mass is 35.5. The third-order valence-corrected chi connectivity index (χ3v) is 6.96. The second kappa shape index (κ2) is 9.72. The summed E-state index contributed by atoms with van der Waals surface area (Å²) >= 11 is 5.88. The van der Waals surface area contributed by atoms with Gasteiger partial charge in [0, 0.05) is 37.2 Å². The maximum Gasteiger partial charge on any atom is 0.260 e. The third-order valence-electron chi connectivity index (χ3n) is 6.71. The number of carbonyl (C=O) groups is 1. The monoisotopic (exact) mass is 437 g/mol. The first-order chi connectivity index (χ1) is 15.1. The Morgan fingerprint density at radius 3 is 2.29 bits per heavy atom. The molecule has 1 aliphatic heterocycles. The minimum absolute atomic E-state index is 0.0193. The van der Waals surface area contributed by atoms with Crippen molar-refractivity contribution in [2.24, 2.45) is 0 Å². The van der Waals surface area contributed by atoms with Gasteiger partial charge in [-0.1, -0.05) is 41.9 Å². The molecule has 1 aliphatic carbocycles. The molecule has 0 aromatic heterocycles. The van der Waals surface area contributed by atoms with Crippen LogP contribution in [0.2, 0.25) is 5.02 Å². The van der Waals surface area contributed by atoms with Gasteiger partial charge in [-0.2, -0.15) is 5.26 Å². The Morgan fingerprint density at radius 2 is 1.68 bits per heavy atom. The number of carbonyl (C=O) groups excluding carboxylic acids is 1. The third kappa shape index (κ3) is 5.03. The van der Waals surface area contributed by atoms with Crippen molar-refractivity contribution in [1.29, 1.82) is 5.26 Å². The van der Waals surface area contributed by atoms with E-state index < -0.39 is 0 Å².